The van der Waals surface area contributed by atoms with E-state index in [1.165, 1.54) is 11.1 Å². The van der Waals surface area contributed by atoms with Crippen LogP contribution in [-0.4, -0.2) is 15.9 Å². The molecule has 1 aliphatic heterocycles. The second kappa shape index (κ2) is 4.76. The van der Waals surface area contributed by atoms with E-state index < -0.39 is 0 Å². The van der Waals surface area contributed by atoms with Crippen LogP contribution in [0.25, 0.3) is 0 Å². The monoisotopic (exact) mass is 253 g/mol. The third kappa shape index (κ3) is 2.45. The van der Waals surface area contributed by atoms with Gasteiger partial charge in [-0.25, -0.2) is 0 Å². The van der Waals surface area contributed by atoms with Crippen LogP contribution in [0.15, 0.2) is 48.5 Å². The van der Waals surface area contributed by atoms with Gasteiger partial charge in [-0.1, -0.05) is 36.4 Å². The Kier molecular flexibility index (Phi) is 2.95. The number of amides is 1. The van der Waals surface area contributed by atoms with Gasteiger partial charge in [0.2, 0.25) is 5.91 Å². The number of benzene rings is 2. The Labute approximate surface area is 112 Å². The number of nitrogens with zero attached hydrogens (tertiary/aromatic N) is 1. The fourth-order valence-electron chi connectivity index (χ4n) is 2.41. The van der Waals surface area contributed by atoms with Crippen molar-refractivity contribution < 1.29 is 9.90 Å². The number of phenolic OH excluding ortho intramolecular Hbond substituents is 1. The number of carbonyl (C=O) groups is 1. The van der Waals surface area contributed by atoms with Crippen LogP contribution >= 0.6 is 0 Å². The highest BCUT2D eigenvalue weighted by Crippen LogP contribution is 2.23. The lowest BCUT2D eigenvalue weighted by atomic mass is 10.1. The van der Waals surface area contributed by atoms with Gasteiger partial charge in [0.05, 0.1) is 6.42 Å². The van der Waals surface area contributed by atoms with Crippen molar-refractivity contribution in [1.82, 2.24) is 4.90 Å². The lowest BCUT2D eigenvalue weighted by Gasteiger charge is -2.15. The molecule has 2 aromatic carbocycles. The minimum absolute atomic E-state index is 0.127. The summed E-state index contributed by atoms with van der Waals surface area (Å²) < 4.78 is 0. The van der Waals surface area contributed by atoms with Gasteiger partial charge in [-0.15, -0.1) is 0 Å². The average Bonchev–Trinajstić information content (AvgIpc) is 2.85. The second-order valence-electron chi connectivity index (χ2n) is 4.86. The molecule has 0 bridgehead atoms. The molecule has 0 aliphatic carbocycles. The van der Waals surface area contributed by atoms with Crippen LogP contribution in [0.5, 0.6) is 5.75 Å². The predicted molar refractivity (Wildman–Crippen MR) is 72.5 cm³/mol. The van der Waals surface area contributed by atoms with Gasteiger partial charge in [-0.3, -0.25) is 4.79 Å². The summed E-state index contributed by atoms with van der Waals surface area (Å²) >= 11 is 0. The Bertz CT molecular complexity index is 579. The third-order valence-corrected chi connectivity index (χ3v) is 3.49. The van der Waals surface area contributed by atoms with E-state index in [1.54, 1.807) is 24.3 Å². The fraction of sp³-hybridized carbons (Fsp3) is 0.188. The first-order chi connectivity index (χ1) is 9.22. The van der Waals surface area contributed by atoms with Crippen molar-refractivity contribution in [1.29, 1.82) is 0 Å². The summed E-state index contributed by atoms with van der Waals surface area (Å²) in [6, 6.07) is 15.0. The number of rotatable bonds is 2. The molecule has 0 unspecified atom stereocenters. The quantitative estimate of drug-likeness (QED) is 0.893. The number of aromatic hydroxyl groups is 1. The van der Waals surface area contributed by atoms with Crippen LogP contribution in [0.3, 0.4) is 0 Å². The molecule has 1 heterocycles. The molecule has 1 amide bonds. The lowest BCUT2D eigenvalue weighted by molar-refractivity contribution is -0.131. The first-order valence-corrected chi connectivity index (χ1v) is 6.35. The highest BCUT2D eigenvalue weighted by atomic mass is 16.3. The number of phenols is 1. The highest BCUT2D eigenvalue weighted by molar-refractivity contribution is 5.79. The van der Waals surface area contributed by atoms with Gasteiger partial charge in [0.15, 0.2) is 0 Å². The second-order valence-corrected chi connectivity index (χ2v) is 4.86. The molecule has 3 nitrogen and oxygen atoms in total. The zero-order chi connectivity index (χ0) is 13.2. The summed E-state index contributed by atoms with van der Waals surface area (Å²) in [4.78, 5) is 14.1. The molecular formula is C16H15NO2. The van der Waals surface area contributed by atoms with Crippen LogP contribution in [0.2, 0.25) is 0 Å². The van der Waals surface area contributed by atoms with Crippen molar-refractivity contribution >= 4 is 5.91 Å². The molecule has 1 N–H and O–H groups in total. The number of carbonyl (C=O) groups excluding carboxylic acids is 1. The zero-order valence-corrected chi connectivity index (χ0v) is 10.5. The lowest BCUT2D eigenvalue weighted by Crippen LogP contribution is -2.26. The standard InChI is InChI=1S/C16H15NO2/c18-15-7-5-12(6-8-15)9-16(19)17-10-13-3-1-2-4-14(13)11-17/h1-8,18H,9-11H2. The van der Waals surface area contributed by atoms with E-state index in [1.807, 2.05) is 17.0 Å². The maximum atomic E-state index is 12.2. The maximum Gasteiger partial charge on any atom is 0.227 e. The van der Waals surface area contributed by atoms with Crippen molar-refractivity contribution in [2.75, 3.05) is 0 Å². The zero-order valence-electron chi connectivity index (χ0n) is 10.5. The van der Waals surface area contributed by atoms with E-state index in [4.69, 9.17) is 0 Å². The molecule has 0 saturated heterocycles. The topological polar surface area (TPSA) is 40.5 Å². The first-order valence-electron chi connectivity index (χ1n) is 6.35. The largest absolute Gasteiger partial charge is 0.508 e. The molecule has 0 saturated carbocycles. The summed E-state index contributed by atoms with van der Waals surface area (Å²) in [5.74, 6) is 0.353. The summed E-state index contributed by atoms with van der Waals surface area (Å²) in [6.07, 6.45) is 0.383. The van der Waals surface area contributed by atoms with Crippen molar-refractivity contribution in [2.24, 2.45) is 0 Å². The van der Waals surface area contributed by atoms with Gasteiger partial charge < -0.3 is 10.0 Å². The van der Waals surface area contributed by atoms with Crippen LogP contribution in [0.4, 0.5) is 0 Å². The van der Waals surface area contributed by atoms with E-state index >= 15 is 0 Å². The maximum absolute atomic E-state index is 12.2. The van der Waals surface area contributed by atoms with Gasteiger partial charge in [-0.2, -0.15) is 0 Å². The summed E-state index contributed by atoms with van der Waals surface area (Å²) in [7, 11) is 0. The molecule has 0 aromatic heterocycles. The van der Waals surface area contributed by atoms with Gasteiger partial charge in [0.1, 0.15) is 5.75 Å². The summed E-state index contributed by atoms with van der Waals surface area (Å²) in [5, 5.41) is 9.23. The van der Waals surface area contributed by atoms with E-state index in [0.717, 1.165) is 5.56 Å². The molecule has 2 aromatic rings. The summed E-state index contributed by atoms with van der Waals surface area (Å²) in [5.41, 5.74) is 3.40. The highest BCUT2D eigenvalue weighted by Gasteiger charge is 2.22. The summed E-state index contributed by atoms with van der Waals surface area (Å²) in [6.45, 7) is 1.40. The molecule has 0 atom stereocenters. The Morgan fingerprint density at radius 2 is 1.58 bits per heavy atom. The fourth-order valence-corrected chi connectivity index (χ4v) is 2.41. The Balaban J connectivity index is 1.68. The van der Waals surface area contributed by atoms with Crippen LogP contribution in [0, 0.1) is 0 Å². The van der Waals surface area contributed by atoms with Crippen LogP contribution in [-0.2, 0) is 24.3 Å². The predicted octanol–water partition coefficient (Wildman–Crippen LogP) is 2.48. The molecule has 19 heavy (non-hydrogen) atoms. The molecule has 1 aliphatic rings. The molecule has 3 rings (SSSR count). The van der Waals surface area contributed by atoms with Crippen LogP contribution in [0.1, 0.15) is 16.7 Å². The van der Waals surface area contributed by atoms with Gasteiger partial charge in [-0.05, 0) is 28.8 Å². The van der Waals surface area contributed by atoms with Gasteiger partial charge in [0, 0.05) is 13.1 Å². The minimum atomic E-state index is 0.127. The molecular weight excluding hydrogens is 238 g/mol. The van der Waals surface area contributed by atoms with Crippen molar-refractivity contribution in [2.45, 2.75) is 19.5 Å². The average molecular weight is 253 g/mol. The Morgan fingerprint density at radius 1 is 1.00 bits per heavy atom. The van der Waals surface area contributed by atoms with Crippen molar-refractivity contribution in [3.8, 4) is 5.75 Å². The molecule has 0 spiro atoms. The SMILES string of the molecule is O=C(Cc1ccc(O)cc1)N1Cc2ccccc2C1. The minimum Gasteiger partial charge on any atom is -0.508 e. The number of hydrogen-bond acceptors (Lipinski definition) is 2. The molecule has 96 valence electrons. The third-order valence-electron chi connectivity index (χ3n) is 3.49. The smallest absolute Gasteiger partial charge is 0.227 e. The van der Waals surface area contributed by atoms with E-state index in [2.05, 4.69) is 12.1 Å². The van der Waals surface area contributed by atoms with E-state index in [0.29, 0.717) is 19.5 Å². The van der Waals surface area contributed by atoms with Gasteiger partial charge in [0.25, 0.3) is 0 Å². The number of fused-ring (bicyclic) bond motifs is 1. The van der Waals surface area contributed by atoms with Crippen molar-refractivity contribution in [3.05, 3.63) is 65.2 Å². The van der Waals surface area contributed by atoms with E-state index in [-0.39, 0.29) is 11.7 Å². The van der Waals surface area contributed by atoms with Crippen molar-refractivity contribution in [3.63, 3.8) is 0 Å². The molecule has 0 radical (unpaired) electrons. The van der Waals surface area contributed by atoms with E-state index in [9.17, 15) is 9.90 Å². The Hall–Kier alpha value is -2.29. The normalized spacial score (nSPS) is 13.4. The Morgan fingerprint density at radius 3 is 2.16 bits per heavy atom. The van der Waals surface area contributed by atoms with Gasteiger partial charge >= 0.3 is 0 Å². The number of hydrogen-bond donors (Lipinski definition) is 1. The van der Waals surface area contributed by atoms with Crippen LogP contribution < -0.4 is 0 Å². The molecule has 0 fully saturated rings. The first kappa shape index (κ1) is 11.8. The molecule has 3 heteroatoms.